The highest BCUT2D eigenvalue weighted by Gasteiger charge is 2.58. The summed E-state index contributed by atoms with van der Waals surface area (Å²) in [6.07, 6.45) is 1.33. The Labute approximate surface area is 152 Å². The molecule has 7 heteroatoms. The molecule has 3 aliphatic heterocycles. The topological polar surface area (TPSA) is 96.1 Å². The number of likely N-dealkylation sites (tertiary alicyclic amines) is 1. The van der Waals surface area contributed by atoms with Gasteiger partial charge in [0.2, 0.25) is 11.8 Å². The summed E-state index contributed by atoms with van der Waals surface area (Å²) >= 11 is 0. The van der Waals surface area contributed by atoms with Crippen LogP contribution in [0.25, 0.3) is 0 Å². The Kier molecular flexibility index (Phi) is 4.46. The molecule has 0 saturated carbocycles. The van der Waals surface area contributed by atoms with Crippen LogP contribution in [0.15, 0.2) is 24.3 Å². The van der Waals surface area contributed by atoms with Gasteiger partial charge in [-0.3, -0.25) is 14.5 Å². The van der Waals surface area contributed by atoms with Crippen LogP contribution in [0.3, 0.4) is 0 Å². The SMILES string of the molecule is COCC(=O)N1C[C@H]2C[C@@H]3C1[C@@H](O)[C@@H](C2)N3Cc1cccc(C(N)=O)c1. The van der Waals surface area contributed by atoms with E-state index in [4.69, 9.17) is 10.5 Å². The van der Waals surface area contributed by atoms with Gasteiger partial charge in [0, 0.05) is 37.8 Å². The molecule has 3 fully saturated rings. The number of methoxy groups -OCH3 is 1. The van der Waals surface area contributed by atoms with Crippen LogP contribution in [0.4, 0.5) is 0 Å². The molecule has 1 aromatic carbocycles. The lowest BCUT2D eigenvalue weighted by Gasteiger charge is -2.46. The summed E-state index contributed by atoms with van der Waals surface area (Å²) in [4.78, 5) is 28.0. The summed E-state index contributed by atoms with van der Waals surface area (Å²) in [5.41, 5.74) is 6.88. The van der Waals surface area contributed by atoms with Gasteiger partial charge in [-0.05, 0) is 36.5 Å². The average molecular weight is 359 g/mol. The van der Waals surface area contributed by atoms with E-state index >= 15 is 0 Å². The number of aliphatic hydroxyl groups is 1. The second-order valence-electron chi connectivity index (χ2n) is 7.67. The van der Waals surface area contributed by atoms with Gasteiger partial charge >= 0.3 is 0 Å². The fourth-order valence-corrected chi connectivity index (χ4v) is 5.11. The Bertz CT molecular complexity index is 724. The normalized spacial score (nSPS) is 32.8. The molecule has 0 spiro atoms. The highest BCUT2D eigenvalue weighted by Crippen LogP contribution is 2.46. The number of nitrogens with zero attached hydrogens (tertiary/aromatic N) is 2. The summed E-state index contributed by atoms with van der Waals surface area (Å²) in [5, 5.41) is 10.9. The third kappa shape index (κ3) is 2.80. The van der Waals surface area contributed by atoms with Crippen LogP contribution in [0.5, 0.6) is 0 Å². The zero-order valence-electron chi connectivity index (χ0n) is 14.9. The minimum Gasteiger partial charge on any atom is -0.389 e. The van der Waals surface area contributed by atoms with Crippen molar-refractivity contribution in [1.82, 2.24) is 9.80 Å². The first-order chi connectivity index (χ1) is 12.5. The predicted octanol–water partition coefficient (Wildman–Crippen LogP) is -0.0336. The van der Waals surface area contributed by atoms with E-state index in [2.05, 4.69) is 4.90 Å². The molecule has 1 unspecified atom stereocenters. The standard InChI is InChI=1S/C19H25N3O4/c1-26-10-16(23)22-9-12-6-14-17(22)18(24)15(7-12)21(14)8-11-3-2-4-13(5-11)19(20)25/h2-5,12,14-15,17-18,24H,6-10H2,1H3,(H2,20,25)/t12-,14+,15+,17?,18-/m0/s1. The molecular formula is C19H25N3O4. The van der Waals surface area contributed by atoms with Crippen LogP contribution in [0.1, 0.15) is 28.8 Å². The predicted molar refractivity (Wildman–Crippen MR) is 94.2 cm³/mol. The first-order valence-corrected chi connectivity index (χ1v) is 9.10. The van der Waals surface area contributed by atoms with Crippen LogP contribution in [0.2, 0.25) is 0 Å². The van der Waals surface area contributed by atoms with Gasteiger partial charge < -0.3 is 20.5 Å². The van der Waals surface area contributed by atoms with Gasteiger partial charge in [-0.1, -0.05) is 12.1 Å². The number of amides is 2. The van der Waals surface area contributed by atoms with Crippen molar-refractivity contribution in [2.75, 3.05) is 20.3 Å². The van der Waals surface area contributed by atoms with Crippen molar-refractivity contribution in [2.24, 2.45) is 11.7 Å². The molecule has 0 radical (unpaired) electrons. The molecule has 5 atom stereocenters. The van der Waals surface area contributed by atoms with E-state index < -0.39 is 12.0 Å². The van der Waals surface area contributed by atoms with Crippen LogP contribution in [-0.4, -0.2) is 71.2 Å². The van der Waals surface area contributed by atoms with Crippen LogP contribution in [-0.2, 0) is 16.1 Å². The number of aliphatic hydroxyl groups excluding tert-OH is 1. The molecular weight excluding hydrogens is 334 g/mol. The summed E-state index contributed by atoms with van der Waals surface area (Å²) < 4.78 is 5.02. The van der Waals surface area contributed by atoms with Crippen molar-refractivity contribution in [1.29, 1.82) is 0 Å². The molecule has 3 aliphatic rings. The number of rotatable bonds is 5. The van der Waals surface area contributed by atoms with E-state index in [1.54, 1.807) is 6.07 Å². The quantitative estimate of drug-likeness (QED) is 0.769. The number of carbonyl (C=O) groups is 2. The van der Waals surface area contributed by atoms with Crippen molar-refractivity contribution in [3.05, 3.63) is 35.4 Å². The van der Waals surface area contributed by atoms with Gasteiger partial charge in [0.15, 0.2) is 0 Å². The molecule has 0 aromatic heterocycles. The van der Waals surface area contributed by atoms with E-state index in [1.165, 1.54) is 7.11 Å². The van der Waals surface area contributed by atoms with Crippen molar-refractivity contribution < 1.29 is 19.4 Å². The molecule has 7 nitrogen and oxygen atoms in total. The number of primary amides is 1. The maximum atomic E-state index is 12.5. The Morgan fingerprint density at radius 2 is 2.08 bits per heavy atom. The lowest BCUT2D eigenvalue weighted by Crippen LogP contribution is -2.58. The lowest BCUT2D eigenvalue weighted by atomic mass is 9.86. The summed E-state index contributed by atoms with van der Waals surface area (Å²) in [7, 11) is 1.52. The van der Waals surface area contributed by atoms with Crippen molar-refractivity contribution in [2.45, 2.75) is 43.6 Å². The number of fused-ring (bicyclic) bond motifs is 2. The third-order valence-corrected chi connectivity index (χ3v) is 6.12. The van der Waals surface area contributed by atoms with Gasteiger partial charge in [-0.15, -0.1) is 0 Å². The van der Waals surface area contributed by atoms with Gasteiger partial charge in [0.05, 0.1) is 12.1 Å². The highest BCUT2D eigenvalue weighted by molar-refractivity contribution is 5.92. The van der Waals surface area contributed by atoms with Crippen molar-refractivity contribution in [3.63, 3.8) is 0 Å². The number of benzene rings is 1. The van der Waals surface area contributed by atoms with Gasteiger partial charge in [-0.25, -0.2) is 0 Å². The molecule has 2 amide bonds. The Balaban J connectivity index is 1.58. The number of piperidine rings is 2. The Hall–Kier alpha value is -1.96. The number of hydrogen-bond donors (Lipinski definition) is 2. The number of nitrogens with two attached hydrogens (primary N) is 1. The van der Waals surface area contributed by atoms with Crippen LogP contribution < -0.4 is 5.73 Å². The molecule has 26 heavy (non-hydrogen) atoms. The van der Waals surface area contributed by atoms with Gasteiger partial charge in [-0.2, -0.15) is 0 Å². The fourth-order valence-electron chi connectivity index (χ4n) is 5.11. The van der Waals surface area contributed by atoms with E-state index in [0.717, 1.165) is 18.4 Å². The molecule has 0 aliphatic carbocycles. The molecule has 3 N–H and O–H groups in total. The number of hydrogen-bond acceptors (Lipinski definition) is 5. The smallest absolute Gasteiger partial charge is 0.248 e. The minimum absolute atomic E-state index is 0.0429. The maximum absolute atomic E-state index is 12.5. The number of carbonyl (C=O) groups excluding carboxylic acids is 2. The molecule has 3 heterocycles. The zero-order chi connectivity index (χ0) is 18.4. The van der Waals surface area contributed by atoms with Crippen LogP contribution >= 0.6 is 0 Å². The average Bonchev–Trinajstić information content (AvgIpc) is 2.74. The largest absolute Gasteiger partial charge is 0.389 e. The van der Waals surface area contributed by atoms with E-state index in [1.807, 2.05) is 23.1 Å². The van der Waals surface area contributed by atoms with Crippen molar-refractivity contribution >= 4 is 11.8 Å². The maximum Gasteiger partial charge on any atom is 0.248 e. The molecule has 140 valence electrons. The first-order valence-electron chi connectivity index (χ1n) is 9.10. The molecule has 4 rings (SSSR count). The number of ether oxygens (including phenoxy) is 1. The summed E-state index contributed by atoms with van der Waals surface area (Å²) in [6, 6.07) is 7.33. The van der Waals surface area contributed by atoms with Crippen LogP contribution in [0, 0.1) is 5.92 Å². The second kappa shape index (κ2) is 6.64. The summed E-state index contributed by atoms with van der Waals surface area (Å²) in [6.45, 7) is 1.40. The minimum atomic E-state index is -0.548. The van der Waals surface area contributed by atoms with Crippen molar-refractivity contribution in [3.8, 4) is 0 Å². The van der Waals surface area contributed by atoms with Gasteiger partial charge in [0.25, 0.3) is 0 Å². The van der Waals surface area contributed by atoms with Gasteiger partial charge in [0.1, 0.15) is 6.61 Å². The highest BCUT2D eigenvalue weighted by atomic mass is 16.5. The van der Waals surface area contributed by atoms with E-state index in [9.17, 15) is 14.7 Å². The van der Waals surface area contributed by atoms with E-state index in [-0.39, 0.29) is 30.6 Å². The zero-order valence-corrected chi connectivity index (χ0v) is 14.9. The fraction of sp³-hybridized carbons (Fsp3) is 0.579. The molecule has 1 aromatic rings. The second-order valence-corrected chi connectivity index (χ2v) is 7.67. The first kappa shape index (κ1) is 17.5. The lowest BCUT2D eigenvalue weighted by molar-refractivity contribution is -0.143. The Morgan fingerprint density at radius 3 is 2.81 bits per heavy atom. The molecule has 3 bridgehead atoms. The molecule has 3 saturated heterocycles. The summed E-state index contributed by atoms with van der Waals surface area (Å²) in [5.74, 6) is -0.0687. The van der Waals surface area contributed by atoms with E-state index in [0.29, 0.717) is 24.6 Å². The monoisotopic (exact) mass is 359 g/mol. The third-order valence-electron chi connectivity index (χ3n) is 6.12. The Morgan fingerprint density at radius 1 is 1.31 bits per heavy atom.